The highest BCUT2D eigenvalue weighted by Gasteiger charge is 2.58. The fraction of sp³-hybridized carbons (Fsp3) is 0.480. The molecule has 0 aromatic carbocycles. The number of nitrogens with zero attached hydrogens (tertiary/aromatic N) is 2. The summed E-state index contributed by atoms with van der Waals surface area (Å²) in [6, 6.07) is 0.565. The van der Waals surface area contributed by atoms with Crippen molar-refractivity contribution in [3.8, 4) is 0 Å². The van der Waals surface area contributed by atoms with Crippen molar-refractivity contribution in [2.45, 2.75) is 53.9 Å². The van der Waals surface area contributed by atoms with Gasteiger partial charge in [-0.1, -0.05) is 40.9 Å². The molecule has 3 heterocycles. The summed E-state index contributed by atoms with van der Waals surface area (Å²) in [5.74, 6) is -5.76. The number of ether oxygens (including phenoxy) is 2. The molecular weight excluding hydrogens is 689 g/mol. The van der Waals surface area contributed by atoms with E-state index in [0.29, 0.717) is 4.88 Å². The summed E-state index contributed by atoms with van der Waals surface area (Å²) >= 11 is 18.9. The van der Waals surface area contributed by atoms with Crippen molar-refractivity contribution in [2.75, 3.05) is 19.0 Å². The number of hydrogen-bond donors (Lipinski definition) is 3. The first kappa shape index (κ1) is 35.4. The molecule has 3 rings (SSSR count). The highest BCUT2D eigenvalue weighted by Crippen LogP contribution is 2.43. The van der Waals surface area contributed by atoms with E-state index < -0.39 is 69.6 Å². The van der Waals surface area contributed by atoms with Gasteiger partial charge >= 0.3 is 24.0 Å². The number of carbonyl (C=O) groups is 7. The van der Waals surface area contributed by atoms with Crippen LogP contribution in [0, 0.1) is 0 Å². The smallest absolute Gasteiger partial charge is 0.407 e. The summed E-state index contributed by atoms with van der Waals surface area (Å²) in [6.07, 6.45) is -2.15. The Balaban J connectivity index is 1.75. The topological polar surface area (TPSA) is 197 Å². The Labute approximate surface area is 273 Å². The number of thioether (sulfide) groups is 1. The maximum absolute atomic E-state index is 13.5. The zero-order valence-corrected chi connectivity index (χ0v) is 26.7. The van der Waals surface area contributed by atoms with Gasteiger partial charge in [-0.05, 0) is 24.3 Å². The Morgan fingerprint density at radius 2 is 1.86 bits per heavy atom. The van der Waals surface area contributed by atoms with E-state index in [1.165, 1.54) is 11.3 Å². The number of esters is 1. The van der Waals surface area contributed by atoms with Crippen molar-refractivity contribution in [3.05, 3.63) is 33.7 Å². The molecule has 1 fully saturated rings. The number of thiophene rings is 1. The number of halogens is 3. The highest BCUT2D eigenvalue weighted by molar-refractivity contribution is 8.00. The summed E-state index contributed by atoms with van der Waals surface area (Å²) in [5.41, 5.74) is -0.200. The zero-order chi connectivity index (χ0) is 32.8. The van der Waals surface area contributed by atoms with Crippen LogP contribution in [0.4, 0.5) is 4.79 Å². The molecule has 14 nitrogen and oxygen atoms in total. The SMILES string of the molecule is CC(=O)OCC1=C(C(=O)O)N2C(=O)C(N(C(=O)CCC[C@@H](NC(=O)OCC(Cl)(Cl)Cl)C(=O)O)C(=O)Cc3cccs3)[C@H]2SC1. The molecule has 3 atom stereocenters. The van der Waals surface area contributed by atoms with Crippen LogP contribution in [0.3, 0.4) is 0 Å². The van der Waals surface area contributed by atoms with Gasteiger partial charge in [0.15, 0.2) is 0 Å². The van der Waals surface area contributed by atoms with Crippen LogP contribution in [-0.2, 0) is 44.7 Å². The molecule has 19 heteroatoms. The minimum Gasteiger partial charge on any atom is -0.480 e. The third kappa shape index (κ3) is 9.23. The summed E-state index contributed by atoms with van der Waals surface area (Å²) in [5, 5.41) is 22.2. The minimum atomic E-state index is -1.92. The lowest BCUT2D eigenvalue weighted by Gasteiger charge is -2.52. The van der Waals surface area contributed by atoms with Gasteiger partial charge in [-0.15, -0.1) is 23.1 Å². The van der Waals surface area contributed by atoms with Crippen LogP contribution in [0.1, 0.15) is 31.1 Å². The maximum Gasteiger partial charge on any atom is 0.407 e. The fourth-order valence-corrected chi connectivity index (χ4v) is 6.56. The van der Waals surface area contributed by atoms with Crippen LogP contribution in [0.15, 0.2) is 28.8 Å². The van der Waals surface area contributed by atoms with Crippen LogP contribution in [0.5, 0.6) is 0 Å². The van der Waals surface area contributed by atoms with E-state index in [-0.39, 0.29) is 49.3 Å². The number of aliphatic carboxylic acids is 2. The lowest BCUT2D eigenvalue weighted by molar-refractivity contribution is -0.165. The summed E-state index contributed by atoms with van der Waals surface area (Å²) in [6.45, 7) is 0.160. The number of nitrogens with one attached hydrogen (secondary N) is 1. The normalized spacial score (nSPS) is 18.5. The van der Waals surface area contributed by atoms with Crippen molar-refractivity contribution >= 4 is 99.6 Å². The van der Waals surface area contributed by atoms with Gasteiger partial charge in [0.1, 0.15) is 36.4 Å². The van der Waals surface area contributed by atoms with E-state index >= 15 is 0 Å². The van der Waals surface area contributed by atoms with Gasteiger partial charge in [-0.3, -0.25) is 29.0 Å². The van der Waals surface area contributed by atoms with Crippen LogP contribution >= 0.6 is 57.9 Å². The molecule has 0 saturated carbocycles. The second-order valence-corrected chi connectivity index (χ2v) is 14.1. The number of imide groups is 1. The Kier molecular flexibility index (Phi) is 12.3. The average molecular weight is 715 g/mol. The van der Waals surface area contributed by atoms with Crippen LogP contribution in [-0.4, -0.2) is 102 Å². The van der Waals surface area contributed by atoms with Crippen LogP contribution < -0.4 is 5.32 Å². The molecule has 2 aliphatic rings. The van der Waals surface area contributed by atoms with Crippen molar-refractivity contribution in [1.82, 2.24) is 15.1 Å². The Hall–Kier alpha value is -3.05. The van der Waals surface area contributed by atoms with Gasteiger partial charge in [-0.2, -0.15) is 0 Å². The first-order chi connectivity index (χ1) is 20.6. The number of rotatable bonds is 13. The summed E-state index contributed by atoms with van der Waals surface area (Å²) in [7, 11) is 0. The molecule has 1 aromatic rings. The highest BCUT2D eigenvalue weighted by atomic mass is 35.6. The second kappa shape index (κ2) is 15.3. The van der Waals surface area contributed by atoms with Crippen molar-refractivity contribution in [1.29, 1.82) is 0 Å². The first-order valence-corrected chi connectivity index (χ1v) is 15.8. The number of carbonyl (C=O) groups excluding carboxylic acids is 5. The van der Waals surface area contributed by atoms with E-state index in [1.54, 1.807) is 17.5 Å². The molecule has 0 aliphatic carbocycles. The Morgan fingerprint density at radius 3 is 2.43 bits per heavy atom. The summed E-state index contributed by atoms with van der Waals surface area (Å²) in [4.78, 5) is 89.5. The van der Waals surface area contributed by atoms with Gasteiger partial charge in [0.2, 0.25) is 15.6 Å². The number of carboxylic acid groups (broad SMARTS) is 2. The molecule has 1 aromatic heterocycles. The number of β-lactam (4-membered cyclic amide) rings is 1. The van der Waals surface area contributed by atoms with E-state index in [4.69, 9.17) is 39.5 Å². The first-order valence-electron chi connectivity index (χ1n) is 12.7. The van der Waals surface area contributed by atoms with Crippen molar-refractivity contribution in [2.24, 2.45) is 0 Å². The second-order valence-electron chi connectivity index (χ2n) is 9.42. The van der Waals surface area contributed by atoms with Crippen LogP contribution in [0.2, 0.25) is 0 Å². The fourth-order valence-electron chi connectivity index (χ4n) is 4.33. The largest absolute Gasteiger partial charge is 0.480 e. The maximum atomic E-state index is 13.5. The third-order valence-electron chi connectivity index (χ3n) is 6.23. The quantitative estimate of drug-likeness (QED) is 0.154. The van der Waals surface area contributed by atoms with E-state index in [0.717, 1.165) is 28.5 Å². The van der Waals surface area contributed by atoms with Crippen LogP contribution in [0.25, 0.3) is 0 Å². The van der Waals surface area contributed by atoms with Gasteiger partial charge < -0.3 is 25.0 Å². The lowest BCUT2D eigenvalue weighted by atomic mass is 9.99. The zero-order valence-electron chi connectivity index (χ0n) is 22.8. The number of amides is 4. The van der Waals surface area contributed by atoms with Crippen molar-refractivity contribution < 1.29 is 53.2 Å². The van der Waals surface area contributed by atoms with E-state index in [9.17, 15) is 43.8 Å². The molecule has 1 unspecified atom stereocenters. The van der Waals surface area contributed by atoms with Crippen molar-refractivity contribution in [3.63, 3.8) is 0 Å². The van der Waals surface area contributed by atoms with Gasteiger partial charge in [-0.25, -0.2) is 14.4 Å². The van der Waals surface area contributed by atoms with Gasteiger partial charge in [0.25, 0.3) is 5.91 Å². The third-order valence-corrected chi connectivity index (χ3v) is 8.76. The minimum absolute atomic E-state index is 0.0569. The monoisotopic (exact) mass is 713 g/mol. The lowest BCUT2D eigenvalue weighted by Crippen LogP contribution is -2.72. The van der Waals surface area contributed by atoms with Gasteiger partial charge in [0, 0.05) is 29.5 Å². The molecule has 4 amide bonds. The van der Waals surface area contributed by atoms with Gasteiger partial charge in [0.05, 0.1) is 6.42 Å². The predicted molar refractivity (Wildman–Crippen MR) is 158 cm³/mol. The predicted octanol–water partition coefficient (Wildman–Crippen LogP) is 2.55. The molecule has 0 spiro atoms. The molecular formula is C25H26Cl3N3O11S2. The van der Waals surface area contributed by atoms with E-state index in [2.05, 4.69) is 10.1 Å². The Bertz CT molecular complexity index is 1350. The molecule has 1 saturated heterocycles. The number of fused-ring (bicyclic) bond motifs is 1. The standard InChI is InChI=1S/C25H26Cl3N3O11S2/c1-12(32)41-9-13-10-44-21-19(20(35)31(21)18(13)23(38)39)30(17(34)8-14-4-3-7-43-14)16(33)6-2-5-15(22(36)37)29-24(40)42-11-25(26,27)28/h3-4,7,15,19,21H,2,5-6,8-11H2,1H3,(H,29,40)(H,36,37)(H,38,39)/t15-,19?,21-/m1/s1. The number of alkyl carbamates (subject to hydrolysis) is 1. The number of carboxylic acids is 2. The summed E-state index contributed by atoms with van der Waals surface area (Å²) < 4.78 is 7.67. The molecule has 240 valence electrons. The molecule has 44 heavy (non-hydrogen) atoms. The molecule has 0 radical (unpaired) electrons. The molecule has 0 bridgehead atoms. The van der Waals surface area contributed by atoms with E-state index in [1.807, 2.05) is 0 Å². The molecule has 3 N–H and O–H groups in total. The average Bonchev–Trinajstić information content (AvgIpc) is 3.44. The number of alkyl halides is 3. The molecule has 2 aliphatic heterocycles. The Morgan fingerprint density at radius 1 is 1.16 bits per heavy atom. The number of hydrogen-bond acceptors (Lipinski definition) is 11.